The molecule has 0 bridgehead atoms. The van der Waals surface area contributed by atoms with Gasteiger partial charge in [0.2, 0.25) is 5.91 Å². The zero-order valence-electron chi connectivity index (χ0n) is 14.8. The number of benzene rings is 1. The van der Waals surface area contributed by atoms with E-state index in [9.17, 15) is 9.59 Å². The summed E-state index contributed by atoms with van der Waals surface area (Å²) in [6.45, 7) is 3.88. The minimum Gasteiger partial charge on any atom is -0.318 e. The zero-order chi connectivity index (χ0) is 17.8. The van der Waals surface area contributed by atoms with E-state index in [2.05, 4.69) is 10.9 Å². The van der Waals surface area contributed by atoms with E-state index in [1.54, 1.807) is 0 Å². The molecule has 1 aliphatic carbocycles. The molecule has 1 aromatic heterocycles. The molecule has 2 amide bonds. The molecule has 0 spiro atoms. The van der Waals surface area contributed by atoms with Gasteiger partial charge < -0.3 is 4.57 Å². The molecular weight excluding hydrogens is 314 g/mol. The van der Waals surface area contributed by atoms with Crippen molar-refractivity contribution >= 4 is 11.8 Å². The summed E-state index contributed by atoms with van der Waals surface area (Å²) in [5.41, 5.74) is 8.53. The van der Waals surface area contributed by atoms with Crippen molar-refractivity contribution in [3.05, 3.63) is 53.3 Å². The van der Waals surface area contributed by atoms with Crippen LogP contribution in [0.2, 0.25) is 0 Å². The predicted octanol–water partition coefficient (Wildman–Crippen LogP) is 3.44. The molecule has 132 valence electrons. The first kappa shape index (κ1) is 17.3. The average Bonchev–Trinajstić information content (AvgIpc) is 3.21. The molecule has 3 rings (SSSR count). The van der Waals surface area contributed by atoms with E-state index in [0.717, 1.165) is 29.9 Å². The minimum absolute atomic E-state index is 0.114. The fraction of sp³-hybridized carbons (Fsp3) is 0.400. The number of aryl methyl sites for hydroxylation is 1. The Kier molecular flexibility index (Phi) is 5.22. The Labute approximate surface area is 148 Å². The Morgan fingerprint density at radius 2 is 1.76 bits per heavy atom. The second-order valence-corrected chi connectivity index (χ2v) is 6.81. The Morgan fingerprint density at radius 3 is 2.44 bits per heavy atom. The molecule has 0 radical (unpaired) electrons. The first-order valence-corrected chi connectivity index (χ1v) is 8.90. The van der Waals surface area contributed by atoms with Crippen LogP contribution in [0.5, 0.6) is 0 Å². The first-order chi connectivity index (χ1) is 12.1. The topological polar surface area (TPSA) is 63.1 Å². The van der Waals surface area contributed by atoms with Crippen molar-refractivity contribution < 1.29 is 9.59 Å². The lowest BCUT2D eigenvalue weighted by molar-refractivity contribution is -0.122. The van der Waals surface area contributed by atoms with Gasteiger partial charge in [-0.05, 0) is 50.8 Å². The third-order valence-corrected chi connectivity index (χ3v) is 4.95. The molecule has 0 unspecified atom stereocenters. The molecule has 1 fully saturated rings. The molecule has 1 aromatic carbocycles. The zero-order valence-corrected chi connectivity index (χ0v) is 14.8. The summed E-state index contributed by atoms with van der Waals surface area (Å²) < 4.78 is 2.04. The number of nitrogens with zero attached hydrogens (tertiary/aromatic N) is 1. The van der Waals surface area contributed by atoms with Crippen molar-refractivity contribution in [1.29, 1.82) is 0 Å². The molecule has 1 aliphatic rings. The highest BCUT2D eigenvalue weighted by atomic mass is 16.2. The average molecular weight is 339 g/mol. The van der Waals surface area contributed by atoms with Gasteiger partial charge in [-0.3, -0.25) is 20.4 Å². The van der Waals surface area contributed by atoms with Gasteiger partial charge in [0.15, 0.2) is 0 Å². The SMILES string of the molecule is Cc1cc(C(=O)NNC(=O)CC2CCCC2)c(C)n1-c1ccccc1. The van der Waals surface area contributed by atoms with Crippen LogP contribution in [-0.4, -0.2) is 16.4 Å². The summed E-state index contributed by atoms with van der Waals surface area (Å²) in [5.74, 6) is 0.0622. The van der Waals surface area contributed by atoms with Crippen LogP contribution in [0, 0.1) is 19.8 Å². The van der Waals surface area contributed by atoms with Gasteiger partial charge in [-0.2, -0.15) is 0 Å². The van der Waals surface area contributed by atoms with Crippen LogP contribution in [0.4, 0.5) is 0 Å². The number of hydrogen-bond donors (Lipinski definition) is 2. The second-order valence-electron chi connectivity index (χ2n) is 6.81. The number of carbonyl (C=O) groups is 2. The van der Waals surface area contributed by atoms with E-state index >= 15 is 0 Å². The lowest BCUT2D eigenvalue weighted by atomic mass is 10.0. The van der Waals surface area contributed by atoms with Gasteiger partial charge >= 0.3 is 0 Å². The fourth-order valence-corrected chi connectivity index (χ4v) is 3.69. The Bertz CT molecular complexity index is 759. The van der Waals surface area contributed by atoms with Gasteiger partial charge in [0.1, 0.15) is 0 Å². The maximum absolute atomic E-state index is 12.5. The number of hydrogen-bond acceptors (Lipinski definition) is 2. The number of carbonyl (C=O) groups excluding carboxylic acids is 2. The predicted molar refractivity (Wildman–Crippen MR) is 97.4 cm³/mol. The Balaban J connectivity index is 1.65. The summed E-state index contributed by atoms with van der Waals surface area (Å²) in [6.07, 6.45) is 5.12. The Morgan fingerprint density at radius 1 is 1.08 bits per heavy atom. The molecule has 5 heteroatoms. The molecular formula is C20H25N3O2. The molecule has 1 heterocycles. The van der Waals surface area contributed by atoms with E-state index in [-0.39, 0.29) is 11.8 Å². The molecule has 5 nitrogen and oxygen atoms in total. The van der Waals surface area contributed by atoms with Crippen LogP contribution in [0.25, 0.3) is 5.69 Å². The van der Waals surface area contributed by atoms with Gasteiger partial charge in [-0.1, -0.05) is 31.0 Å². The van der Waals surface area contributed by atoms with Gasteiger partial charge in [0.25, 0.3) is 5.91 Å². The van der Waals surface area contributed by atoms with Crippen LogP contribution in [0.15, 0.2) is 36.4 Å². The van der Waals surface area contributed by atoms with Crippen LogP contribution in [0.1, 0.15) is 53.8 Å². The number of amides is 2. The van der Waals surface area contributed by atoms with E-state index in [1.807, 2.05) is 54.8 Å². The molecule has 0 atom stereocenters. The highest BCUT2D eigenvalue weighted by Gasteiger charge is 2.20. The highest BCUT2D eigenvalue weighted by molar-refractivity contribution is 5.97. The molecule has 2 aromatic rings. The third kappa shape index (κ3) is 3.92. The number of hydrazine groups is 1. The van der Waals surface area contributed by atoms with E-state index in [1.165, 1.54) is 12.8 Å². The monoisotopic (exact) mass is 339 g/mol. The normalized spacial score (nSPS) is 14.5. The van der Waals surface area contributed by atoms with Crippen molar-refractivity contribution in [3.63, 3.8) is 0 Å². The quantitative estimate of drug-likeness (QED) is 0.838. The van der Waals surface area contributed by atoms with Crippen LogP contribution in [0.3, 0.4) is 0 Å². The standard InChI is InChI=1S/C20H25N3O2/c1-14-12-18(15(2)23(14)17-10-4-3-5-11-17)20(25)22-21-19(24)13-16-8-6-7-9-16/h3-5,10-12,16H,6-9,13H2,1-2H3,(H,21,24)(H,22,25). The summed E-state index contributed by atoms with van der Waals surface area (Å²) >= 11 is 0. The second kappa shape index (κ2) is 7.55. The molecule has 25 heavy (non-hydrogen) atoms. The van der Waals surface area contributed by atoms with Crippen LogP contribution < -0.4 is 10.9 Å². The largest absolute Gasteiger partial charge is 0.318 e. The molecule has 2 N–H and O–H groups in total. The van der Waals surface area contributed by atoms with Crippen LogP contribution >= 0.6 is 0 Å². The fourth-order valence-electron chi connectivity index (χ4n) is 3.69. The molecule has 0 aliphatic heterocycles. The van der Waals surface area contributed by atoms with Crippen molar-refractivity contribution in [1.82, 2.24) is 15.4 Å². The number of para-hydroxylation sites is 1. The van der Waals surface area contributed by atoms with Gasteiger partial charge in [-0.25, -0.2) is 0 Å². The maximum atomic E-state index is 12.5. The van der Waals surface area contributed by atoms with Crippen molar-refractivity contribution in [2.24, 2.45) is 5.92 Å². The molecule has 1 saturated carbocycles. The highest BCUT2D eigenvalue weighted by Crippen LogP contribution is 2.27. The van der Waals surface area contributed by atoms with Crippen molar-refractivity contribution in [3.8, 4) is 5.69 Å². The van der Waals surface area contributed by atoms with E-state index in [4.69, 9.17) is 0 Å². The lowest BCUT2D eigenvalue weighted by Crippen LogP contribution is -2.42. The number of aromatic nitrogens is 1. The number of rotatable bonds is 4. The van der Waals surface area contributed by atoms with E-state index in [0.29, 0.717) is 17.9 Å². The van der Waals surface area contributed by atoms with E-state index < -0.39 is 0 Å². The van der Waals surface area contributed by atoms with Gasteiger partial charge in [0.05, 0.1) is 5.56 Å². The smallest absolute Gasteiger partial charge is 0.271 e. The summed E-state index contributed by atoms with van der Waals surface area (Å²) in [5, 5.41) is 0. The first-order valence-electron chi connectivity index (χ1n) is 8.90. The number of nitrogens with one attached hydrogen (secondary N) is 2. The summed E-state index contributed by atoms with van der Waals surface area (Å²) in [7, 11) is 0. The molecule has 0 saturated heterocycles. The summed E-state index contributed by atoms with van der Waals surface area (Å²) in [4.78, 5) is 24.4. The Hall–Kier alpha value is -2.56. The van der Waals surface area contributed by atoms with Gasteiger partial charge in [0, 0.05) is 23.5 Å². The minimum atomic E-state index is -0.282. The maximum Gasteiger partial charge on any atom is 0.271 e. The van der Waals surface area contributed by atoms with Crippen LogP contribution in [-0.2, 0) is 4.79 Å². The van der Waals surface area contributed by atoms with Gasteiger partial charge in [-0.15, -0.1) is 0 Å². The summed E-state index contributed by atoms with van der Waals surface area (Å²) in [6, 6.07) is 11.8. The van der Waals surface area contributed by atoms with Crippen molar-refractivity contribution in [2.45, 2.75) is 46.0 Å². The lowest BCUT2D eigenvalue weighted by Gasteiger charge is -2.11. The van der Waals surface area contributed by atoms with Crippen molar-refractivity contribution in [2.75, 3.05) is 0 Å². The third-order valence-electron chi connectivity index (χ3n) is 4.95.